The van der Waals surface area contributed by atoms with Crippen LogP contribution < -0.4 is 38.1 Å². The summed E-state index contributed by atoms with van der Waals surface area (Å²) in [4.78, 5) is 69.8. The van der Waals surface area contributed by atoms with Crippen LogP contribution in [0.15, 0.2) is 71.7 Å². The van der Waals surface area contributed by atoms with E-state index in [1.807, 2.05) is 42.5 Å². The number of nitrogens with two attached hydrogens (primary N) is 2. The molecule has 242 valence electrons. The topological polar surface area (TPSA) is 230 Å². The highest BCUT2D eigenvalue weighted by Crippen LogP contribution is 2.17. The molecule has 3 aromatic rings. The highest BCUT2D eigenvalue weighted by Gasteiger charge is 2.29. The van der Waals surface area contributed by atoms with Gasteiger partial charge in [0.2, 0.25) is 29.5 Å². The molecule has 0 radical (unpaired) electrons. The molecule has 0 saturated carbocycles. The number of nitrogens with zero attached hydrogens (tertiary/aromatic N) is 1. The highest BCUT2D eigenvalue weighted by atomic mass is 16.3. The lowest BCUT2D eigenvalue weighted by atomic mass is 10.0. The van der Waals surface area contributed by atoms with Gasteiger partial charge in [0, 0.05) is 19.4 Å². The smallest absolute Gasteiger partial charge is 0.243 e. The third-order valence-electron chi connectivity index (χ3n) is 7.36. The van der Waals surface area contributed by atoms with Gasteiger partial charge in [0.25, 0.3) is 0 Å². The number of carbonyl (C=O) groups is 5. The molecule has 0 bridgehead atoms. The molecule has 4 rings (SSSR count). The van der Waals surface area contributed by atoms with Crippen LogP contribution in [-0.4, -0.2) is 78.4 Å². The second-order valence-electron chi connectivity index (χ2n) is 10.9. The third kappa shape index (κ3) is 9.94. The van der Waals surface area contributed by atoms with Gasteiger partial charge in [-0.3, -0.25) is 29.0 Å². The van der Waals surface area contributed by atoms with Crippen LogP contribution in [0, 0.1) is 0 Å². The summed E-state index contributed by atoms with van der Waals surface area (Å²) in [6, 6.07) is 16.2. The van der Waals surface area contributed by atoms with Crippen LogP contribution in [0.3, 0.4) is 0 Å². The summed E-state index contributed by atoms with van der Waals surface area (Å²) >= 11 is 0. The number of hydrogen-bond acceptors (Lipinski definition) is 7. The number of aromatic hydroxyl groups is 1. The first kappa shape index (κ1) is 33.2. The molecule has 0 aliphatic carbocycles. The van der Waals surface area contributed by atoms with Crippen molar-refractivity contribution in [3.63, 3.8) is 0 Å². The van der Waals surface area contributed by atoms with E-state index in [2.05, 4.69) is 31.6 Å². The van der Waals surface area contributed by atoms with E-state index >= 15 is 0 Å². The Morgan fingerprint density at radius 1 is 0.696 bits per heavy atom. The van der Waals surface area contributed by atoms with Crippen molar-refractivity contribution < 1.29 is 29.1 Å². The van der Waals surface area contributed by atoms with Crippen LogP contribution in [0.25, 0.3) is 10.8 Å². The zero-order chi connectivity index (χ0) is 33.1. The van der Waals surface area contributed by atoms with Gasteiger partial charge in [-0.15, -0.1) is 0 Å². The fourth-order valence-corrected chi connectivity index (χ4v) is 5.00. The lowest BCUT2D eigenvalue weighted by molar-refractivity contribution is -0.132. The first-order chi connectivity index (χ1) is 22.1. The number of carbonyl (C=O) groups excluding carboxylic acids is 5. The zero-order valence-corrected chi connectivity index (χ0v) is 25.1. The number of rotatable bonds is 8. The Morgan fingerprint density at radius 3 is 1.91 bits per heavy atom. The SMILES string of the molecule is NC(N)=NCCC[C@@H]1NC(=O)CNC(=O)[C@@H](Cc2ccc(O)cc2)NC(=O)CNC(=O)[C@H](Cc2ccc3ccccc3c2)NC1=O. The third-order valence-corrected chi connectivity index (χ3v) is 7.36. The van der Waals surface area contributed by atoms with Crippen molar-refractivity contribution in [2.45, 2.75) is 43.8 Å². The van der Waals surface area contributed by atoms with Gasteiger partial charge in [-0.1, -0.05) is 54.6 Å². The predicted molar refractivity (Wildman–Crippen MR) is 171 cm³/mol. The van der Waals surface area contributed by atoms with Crippen molar-refractivity contribution in [3.8, 4) is 5.75 Å². The Labute approximate surface area is 265 Å². The molecule has 5 amide bonds. The number of nitrogens with one attached hydrogen (secondary N) is 5. The average Bonchev–Trinajstić information content (AvgIpc) is 3.03. The van der Waals surface area contributed by atoms with Crippen molar-refractivity contribution in [3.05, 3.63) is 77.9 Å². The summed E-state index contributed by atoms with van der Waals surface area (Å²) in [6.07, 6.45) is 0.612. The minimum Gasteiger partial charge on any atom is -0.508 e. The van der Waals surface area contributed by atoms with Crippen LogP contribution in [0.2, 0.25) is 0 Å². The molecule has 3 aromatic carbocycles. The molecule has 1 aliphatic heterocycles. The molecule has 14 nitrogen and oxygen atoms in total. The first-order valence-corrected chi connectivity index (χ1v) is 14.8. The minimum absolute atomic E-state index is 0.0351. The van der Waals surface area contributed by atoms with Crippen LogP contribution in [0.4, 0.5) is 0 Å². The number of phenols is 1. The van der Waals surface area contributed by atoms with E-state index in [0.717, 1.165) is 16.3 Å². The standard InChI is InChI=1S/C32H38N8O6/c33-32(34)35-13-3-6-24-31(46)40-26(16-20-7-10-21-4-1-2-5-22(21)14-20)30(45)37-18-28(43)39-25(29(44)36-17-27(42)38-24)15-19-8-11-23(41)12-9-19/h1-2,4-5,7-12,14,24-26,41H,3,6,13,15-18H2,(H,36,44)(H,37,45)(H,38,42)(H,39,43)(H,40,46)(H4,33,34,35)/t24-,25+,26-/m0/s1. The average molecular weight is 631 g/mol. The Morgan fingerprint density at radius 2 is 1.26 bits per heavy atom. The van der Waals surface area contributed by atoms with E-state index in [9.17, 15) is 29.1 Å². The highest BCUT2D eigenvalue weighted by molar-refractivity contribution is 5.96. The molecular weight excluding hydrogens is 592 g/mol. The summed E-state index contributed by atoms with van der Waals surface area (Å²) in [6.45, 7) is -0.746. The van der Waals surface area contributed by atoms with Gasteiger partial charge in [0.15, 0.2) is 5.96 Å². The summed E-state index contributed by atoms with van der Waals surface area (Å²) in [5.74, 6) is -3.30. The van der Waals surface area contributed by atoms with Gasteiger partial charge in [0.1, 0.15) is 23.9 Å². The number of guanidine groups is 1. The number of hydrogen-bond donors (Lipinski definition) is 8. The van der Waals surface area contributed by atoms with Crippen LogP contribution in [0.1, 0.15) is 24.0 Å². The summed E-state index contributed by atoms with van der Waals surface area (Å²) in [7, 11) is 0. The Balaban J connectivity index is 1.58. The summed E-state index contributed by atoms with van der Waals surface area (Å²) < 4.78 is 0. The van der Waals surface area contributed by atoms with Gasteiger partial charge in [-0.05, 0) is 46.9 Å². The molecule has 1 fully saturated rings. The Kier molecular flexibility index (Phi) is 11.5. The maximum Gasteiger partial charge on any atom is 0.243 e. The van der Waals surface area contributed by atoms with Crippen molar-refractivity contribution in [1.82, 2.24) is 26.6 Å². The molecule has 0 spiro atoms. The number of phenolic OH excluding ortho intramolecular Hbond substituents is 1. The van der Waals surface area contributed by atoms with E-state index in [1.165, 1.54) is 12.1 Å². The number of fused-ring (bicyclic) bond motifs is 1. The Bertz CT molecular complexity index is 1610. The molecule has 1 aliphatic rings. The van der Waals surface area contributed by atoms with Crippen LogP contribution >= 0.6 is 0 Å². The zero-order valence-electron chi connectivity index (χ0n) is 25.1. The van der Waals surface area contributed by atoms with Crippen molar-refractivity contribution in [2.24, 2.45) is 16.5 Å². The number of benzene rings is 3. The van der Waals surface area contributed by atoms with Gasteiger partial charge in [-0.2, -0.15) is 0 Å². The van der Waals surface area contributed by atoms with Crippen LogP contribution in [0.5, 0.6) is 5.75 Å². The van der Waals surface area contributed by atoms with Crippen molar-refractivity contribution in [1.29, 1.82) is 0 Å². The first-order valence-electron chi connectivity index (χ1n) is 14.8. The second-order valence-corrected chi connectivity index (χ2v) is 10.9. The molecule has 46 heavy (non-hydrogen) atoms. The van der Waals surface area contributed by atoms with Gasteiger partial charge in [0.05, 0.1) is 13.1 Å². The van der Waals surface area contributed by atoms with Crippen LogP contribution in [-0.2, 0) is 36.8 Å². The fourth-order valence-electron chi connectivity index (χ4n) is 5.00. The van der Waals surface area contributed by atoms with E-state index in [0.29, 0.717) is 12.0 Å². The van der Waals surface area contributed by atoms with E-state index in [-0.39, 0.29) is 37.5 Å². The summed E-state index contributed by atoms with van der Waals surface area (Å²) in [5.41, 5.74) is 12.2. The number of amides is 5. The number of aliphatic imine (C=N–C) groups is 1. The quantitative estimate of drug-likeness (QED) is 0.0880. The molecule has 10 N–H and O–H groups in total. The molecule has 1 heterocycles. The lowest BCUT2D eigenvalue weighted by Crippen LogP contribution is -2.55. The largest absolute Gasteiger partial charge is 0.508 e. The van der Waals surface area contributed by atoms with E-state index in [1.54, 1.807) is 12.1 Å². The van der Waals surface area contributed by atoms with Gasteiger partial charge in [-0.25, -0.2) is 0 Å². The molecule has 0 unspecified atom stereocenters. The predicted octanol–water partition coefficient (Wildman–Crippen LogP) is -0.915. The normalized spacial score (nSPS) is 19.8. The second kappa shape index (κ2) is 15.9. The van der Waals surface area contributed by atoms with E-state index < -0.39 is 60.8 Å². The molecular formula is C32H38N8O6. The van der Waals surface area contributed by atoms with Crippen molar-refractivity contribution in [2.75, 3.05) is 19.6 Å². The van der Waals surface area contributed by atoms with Gasteiger partial charge < -0.3 is 43.2 Å². The van der Waals surface area contributed by atoms with Gasteiger partial charge >= 0.3 is 0 Å². The maximum atomic E-state index is 13.5. The lowest BCUT2D eigenvalue weighted by Gasteiger charge is -2.23. The fraction of sp³-hybridized carbons (Fsp3) is 0.312. The molecule has 1 saturated heterocycles. The molecule has 0 aromatic heterocycles. The monoisotopic (exact) mass is 630 g/mol. The van der Waals surface area contributed by atoms with E-state index in [4.69, 9.17) is 11.5 Å². The molecule has 14 heteroatoms. The van der Waals surface area contributed by atoms with Crippen molar-refractivity contribution >= 4 is 46.3 Å². The Hall–Kier alpha value is -5.66. The minimum atomic E-state index is -1.10. The molecule has 3 atom stereocenters. The summed E-state index contributed by atoms with van der Waals surface area (Å²) in [5, 5.41) is 24.6. The maximum absolute atomic E-state index is 13.5.